The van der Waals surface area contributed by atoms with E-state index in [0.29, 0.717) is 49.8 Å². The molecule has 1 aliphatic heterocycles. The fourth-order valence-electron chi connectivity index (χ4n) is 3.04. The van der Waals surface area contributed by atoms with Crippen LogP contribution in [0.4, 0.5) is 0 Å². The first-order chi connectivity index (χ1) is 13.9. The van der Waals surface area contributed by atoms with E-state index in [1.165, 1.54) is 4.90 Å². The Balaban J connectivity index is 2.26. The van der Waals surface area contributed by atoms with Gasteiger partial charge in [0.05, 0.1) is 31.3 Å². The van der Waals surface area contributed by atoms with Gasteiger partial charge in [-0.3, -0.25) is 14.4 Å². The Labute approximate surface area is 171 Å². The zero-order valence-electron chi connectivity index (χ0n) is 17.5. The average molecular weight is 406 g/mol. The second-order valence-corrected chi connectivity index (χ2v) is 6.74. The van der Waals surface area contributed by atoms with Crippen molar-refractivity contribution < 1.29 is 28.6 Å². The minimum atomic E-state index is -0.922. The van der Waals surface area contributed by atoms with Crippen molar-refractivity contribution >= 4 is 17.8 Å². The highest BCUT2D eigenvalue weighted by Crippen LogP contribution is 2.28. The summed E-state index contributed by atoms with van der Waals surface area (Å²) in [5.74, 6) is -0.258. The van der Waals surface area contributed by atoms with Crippen LogP contribution in [0.1, 0.15) is 50.9 Å². The lowest BCUT2D eigenvalue weighted by Gasteiger charge is -2.35. The molecule has 0 bridgehead atoms. The predicted octanol–water partition coefficient (Wildman–Crippen LogP) is 2.16. The van der Waals surface area contributed by atoms with Gasteiger partial charge in [0.25, 0.3) is 5.91 Å². The third kappa shape index (κ3) is 5.85. The number of rotatable bonds is 9. The molecule has 1 saturated heterocycles. The summed E-state index contributed by atoms with van der Waals surface area (Å²) in [6.07, 6.45) is 0.242. The van der Waals surface area contributed by atoms with E-state index in [2.05, 4.69) is 5.32 Å². The first kappa shape index (κ1) is 22.5. The van der Waals surface area contributed by atoms with Crippen LogP contribution in [0.25, 0.3) is 0 Å². The zero-order valence-corrected chi connectivity index (χ0v) is 17.5. The van der Waals surface area contributed by atoms with Crippen molar-refractivity contribution in [3.63, 3.8) is 0 Å². The Hall–Kier alpha value is -2.77. The molecule has 1 N–H and O–H groups in total. The molecule has 1 fully saturated rings. The van der Waals surface area contributed by atoms with E-state index in [4.69, 9.17) is 14.2 Å². The number of nitrogens with one attached hydrogen (secondary N) is 1. The lowest BCUT2D eigenvalue weighted by molar-refractivity contribution is -0.151. The molecule has 1 aromatic rings. The highest BCUT2D eigenvalue weighted by Gasteiger charge is 2.36. The number of ether oxygens (including phenoxy) is 3. The first-order valence-corrected chi connectivity index (χ1v) is 10.1. The molecule has 8 nitrogen and oxygen atoms in total. The van der Waals surface area contributed by atoms with E-state index in [-0.39, 0.29) is 24.3 Å². The van der Waals surface area contributed by atoms with Crippen LogP contribution >= 0.6 is 0 Å². The van der Waals surface area contributed by atoms with Crippen molar-refractivity contribution in [2.75, 3.05) is 26.3 Å². The van der Waals surface area contributed by atoms with Crippen LogP contribution in [0.3, 0.4) is 0 Å². The highest BCUT2D eigenvalue weighted by atomic mass is 16.5. The Morgan fingerprint density at radius 1 is 1.21 bits per heavy atom. The molecule has 8 heteroatoms. The van der Waals surface area contributed by atoms with Gasteiger partial charge < -0.3 is 24.4 Å². The van der Waals surface area contributed by atoms with Crippen LogP contribution in [0.2, 0.25) is 0 Å². The lowest BCUT2D eigenvalue weighted by atomic mass is 10.1. The predicted molar refractivity (Wildman–Crippen MR) is 107 cm³/mol. The number of esters is 1. The number of benzene rings is 1. The summed E-state index contributed by atoms with van der Waals surface area (Å²) in [7, 11) is 0. The fraction of sp³-hybridized carbons (Fsp3) is 0.571. The Morgan fingerprint density at radius 3 is 2.59 bits per heavy atom. The largest absolute Gasteiger partial charge is 0.494 e. The van der Waals surface area contributed by atoms with Gasteiger partial charge in [0.2, 0.25) is 5.91 Å². The summed E-state index contributed by atoms with van der Waals surface area (Å²) in [4.78, 5) is 39.3. The van der Waals surface area contributed by atoms with E-state index >= 15 is 0 Å². The lowest BCUT2D eigenvalue weighted by Crippen LogP contribution is -2.58. The monoisotopic (exact) mass is 406 g/mol. The molecule has 160 valence electrons. The summed E-state index contributed by atoms with van der Waals surface area (Å²) in [6.45, 7) is 8.87. The second kappa shape index (κ2) is 10.7. The van der Waals surface area contributed by atoms with Gasteiger partial charge in [-0.25, -0.2) is 0 Å². The first-order valence-electron chi connectivity index (χ1n) is 10.1. The number of hydrogen-bond acceptors (Lipinski definition) is 6. The van der Waals surface area contributed by atoms with E-state index in [1.807, 2.05) is 20.8 Å². The standard InChI is InChI=1S/C21H30N2O6/c1-5-14(4)29-19(24)13-17-20(25)22-10-11-23(17)21(26)16-9-8-15(27-6-2)12-18(16)28-7-3/h8-9,12,14,17H,5-7,10-11,13H2,1-4H3,(H,22,25). The smallest absolute Gasteiger partial charge is 0.308 e. The van der Waals surface area contributed by atoms with E-state index in [0.717, 1.165) is 0 Å². The van der Waals surface area contributed by atoms with Crippen LogP contribution in [0.5, 0.6) is 11.5 Å². The van der Waals surface area contributed by atoms with Gasteiger partial charge in [-0.2, -0.15) is 0 Å². The molecule has 0 saturated carbocycles. The van der Waals surface area contributed by atoms with Crippen LogP contribution in [0, 0.1) is 0 Å². The van der Waals surface area contributed by atoms with Crippen molar-refractivity contribution in [1.29, 1.82) is 0 Å². The molecule has 0 spiro atoms. The quantitative estimate of drug-likeness (QED) is 0.632. The molecule has 2 amide bonds. The van der Waals surface area contributed by atoms with Gasteiger partial charge in [-0.1, -0.05) is 6.92 Å². The normalized spacial score (nSPS) is 17.3. The van der Waals surface area contributed by atoms with Crippen LogP contribution in [-0.4, -0.2) is 61.1 Å². The van der Waals surface area contributed by atoms with Crippen molar-refractivity contribution in [2.24, 2.45) is 0 Å². The van der Waals surface area contributed by atoms with Crippen molar-refractivity contribution in [2.45, 2.75) is 52.7 Å². The molecule has 1 aliphatic rings. The maximum absolute atomic E-state index is 13.3. The minimum Gasteiger partial charge on any atom is -0.494 e. The summed E-state index contributed by atoms with van der Waals surface area (Å²) >= 11 is 0. The van der Waals surface area contributed by atoms with Crippen molar-refractivity contribution in [1.82, 2.24) is 10.2 Å². The third-order valence-electron chi connectivity index (χ3n) is 4.65. The topological polar surface area (TPSA) is 94.2 Å². The summed E-state index contributed by atoms with van der Waals surface area (Å²) in [6, 6.07) is 4.06. The molecular weight excluding hydrogens is 376 g/mol. The molecular formula is C21H30N2O6. The Bertz CT molecular complexity index is 736. The maximum atomic E-state index is 13.3. The van der Waals surface area contributed by atoms with Crippen LogP contribution in [0.15, 0.2) is 18.2 Å². The molecule has 29 heavy (non-hydrogen) atoms. The van der Waals surface area contributed by atoms with Crippen molar-refractivity contribution in [3.8, 4) is 11.5 Å². The van der Waals surface area contributed by atoms with Gasteiger partial charge in [0.15, 0.2) is 0 Å². The summed E-state index contributed by atoms with van der Waals surface area (Å²) in [5.41, 5.74) is 0.324. The fourth-order valence-corrected chi connectivity index (χ4v) is 3.04. The number of piperazine rings is 1. The number of amides is 2. The molecule has 1 heterocycles. The van der Waals surface area contributed by atoms with Gasteiger partial charge in [-0.05, 0) is 39.3 Å². The zero-order chi connectivity index (χ0) is 21.4. The Kier molecular flexibility index (Phi) is 8.30. The van der Waals surface area contributed by atoms with Gasteiger partial charge >= 0.3 is 5.97 Å². The van der Waals surface area contributed by atoms with Crippen LogP contribution in [-0.2, 0) is 14.3 Å². The molecule has 0 aromatic heterocycles. The summed E-state index contributed by atoms with van der Waals surface area (Å²) in [5, 5.41) is 2.71. The van der Waals surface area contributed by atoms with E-state index < -0.39 is 12.0 Å². The third-order valence-corrected chi connectivity index (χ3v) is 4.65. The van der Waals surface area contributed by atoms with E-state index in [1.54, 1.807) is 25.1 Å². The van der Waals surface area contributed by atoms with Crippen LogP contribution < -0.4 is 14.8 Å². The average Bonchev–Trinajstić information content (AvgIpc) is 2.69. The number of carbonyl (C=O) groups excluding carboxylic acids is 3. The molecule has 0 radical (unpaired) electrons. The summed E-state index contributed by atoms with van der Waals surface area (Å²) < 4.78 is 16.4. The minimum absolute atomic E-state index is 0.192. The van der Waals surface area contributed by atoms with Gasteiger partial charge in [0, 0.05) is 19.2 Å². The number of hydrogen-bond donors (Lipinski definition) is 1. The Morgan fingerprint density at radius 2 is 1.93 bits per heavy atom. The van der Waals surface area contributed by atoms with Crippen molar-refractivity contribution in [3.05, 3.63) is 23.8 Å². The SMILES string of the molecule is CCOc1ccc(C(=O)N2CCNC(=O)C2CC(=O)OC(C)CC)c(OCC)c1. The molecule has 2 atom stereocenters. The number of carbonyl (C=O) groups is 3. The maximum Gasteiger partial charge on any atom is 0.308 e. The molecule has 2 unspecified atom stereocenters. The molecule has 2 rings (SSSR count). The van der Waals surface area contributed by atoms with Gasteiger partial charge in [0.1, 0.15) is 17.5 Å². The van der Waals surface area contributed by atoms with Gasteiger partial charge in [-0.15, -0.1) is 0 Å². The van der Waals surface area contributed by atoms with E-state index in [9.17, 15) is 14.4 Å². The molecule has 0 aliphatic carbocycles. The highest BCUT2D eigenvalue weighted by molar-refractivity contribution is 6.01. The number of nitrogens with zero attached hydrogens (tertiary/aromatic N) is 1. The molecule has 1 aromatic carbocycles. The second-order valence-electron chi connectivity index (χ2n) is 6.74.